The summed E-state index contributed by atoms with van der Waals surface area (Å²) in [6, 6.07) is 4.94. The number of hydrogen-bond donors (Lipinski definition) is 1. The highest BCUT2D eigenvalue weighted by molar-refractivity contribution is 5.73. The molecule has 16 heavy (non-hydrogen) atoms. The van der Waals surface area contributed by atoms with Crippen molar-refractivity contribution < 1.29 is 0 Å². The Labute approximate surface area is 98.4 Å². The monoisotopic (exact) mass is 218 g/mol. The lowest BCUT2D eigenvalue weighted by molar-refractivity contribution is 0.484. The van der Waals surface area contributed by atoms with Gasteiger partial charge in [-0.25, -0.2) is 0 Å². The molecule has 1 aliphatic rings. The molecule has 88 valence electrons. The fourth-order valence-corrected chi connectivity index (χ4v) is 2.82. The van der Waals surface area contributed by atoms with E-state index in [9.17, 15) is 0 Å². The predicted molar refractivity (Wildman–Crippen MR) is 71.0 cm³/mol. The third kappa shape index (κ3) is 2.01. The van der Waals surface area contributed by atoms with Gasteiger partial charge in [0.05, 0.1) is 11.4 Å². The average Bonchev–Trinajstić information content (AvgIpc) is 2.19. The van der Waals surface area contributed by atoms with Crippen LogP contribution in [0.3, 0.4) is 0 Å². The van der Waals surface area contributed by atoms with Crippen LogP contribution in [0.4, 0.5) is 11.4 Å². The molecule has 1 saturated heterocycles. The molecule has 1 fully saturated rings. The Morgan fingerprint density at radius 1 is 1.25 bits per heavy atom. The molecule has 1 aromatic carbocycles. The minimum Gasteiger partial charge on any atom is -0.397 e. The summed E-state index contributed by atoms with van der Waals surface area (Å²) >= 11 is 0. The largest absolute Gasteiger partial charge is 0.397 e. The van der Waals surface area contributed by atoms with E-state index >= 15 is 0 Å². The zero-order valence-corrected chi connectivity index (χ0v) is 10.6. The molecule has 0 bridgehead atoms. The summed E-state index contributed by atoms with van der Waals surface area (Å²) in [5.74, 6) is 0. The number of benzene rings is 1. The van der Waals surface area contributed by atoms with Gasteiger partial charge < -0.3 is 10.6 Å². The summed E-state index contributed by atoms with van der Waals surface area (Å²) < 4.78 is 0. The van der Waals surface area contributed by atoms with Crippen LogP contribution in [0.5, 0.6) is 0 Å². The number of piperidine rings is 1. The molecular weight excluding hydrogens is 196 g/mol. The first-order valence-corrected chi connectivity index (χ1v) is 6.23. The van der Waals surface area contributed by atoms with Gasteiger partial charge in [0.1, 0.15) is 0 Å². The summed E-state index contributed by atoms with van der Waals surface area (Å²) in [5.41, 5.74) is 10.9. The number of aryl methyl sites for hydroxylation is 2. The van der Waals surface area contributed by atoms with Crippen molar-refractivity contribution >= 4 is 11.4 Å². The Bertz CT molecular complexity index is 361. The molecule has 0 saturated carbocycles. The van der Waals surface area contributed by atoms with E-state index in [4.69, 9.17) is 5.73 Å². The van der Waals surface area contributed by atoms with Crippen molar-refractivity contribution in [3.63, 3.8) is 0 Å². The summed E-state index contributed by atoms with van der Waals surface area (Å²) in [6.45, 7) is 7.72. The van der Waals surface area contributed by atoms with Crippen LogP contribution < -0.4 is 10.6 Å². The molecule has 1 aromatic rings. The third-order valence-corrected chi connectivity index (χ3v) is 3.56. The zero-order valence-electron chi connectivity index (χ0n) is 10.6. The number of rotatable bonds is 1. The van der Waals surface area contributed by atoms with E-state index in [2.05, 4.69) is 37.8 Å². The normalized spacial score (nSPS) is 21.2. The van der Waals surface area contributed by atoms with Gasteiger partial charge in [0.15, 0.2) is 0 Å². The average molecular weight is 218 g/mol. The van der Waals surface area contributed by atoms with E-state index in [1.165, 1.54) is 36.1 Å². The summed E-state index contributed by atoms with van der Waals surface area (Å²) in [7, 11) is 0. The standard InChI is InChI=1S/C14H22N2/c1-10-8-11(2)14(13(15)9-10)16-7-5-4-6-12(16)3/h8-9,12H,4-7,15H2,1-3H3. The number of nitrogens with zero attached hydrogens (tertiary/aromatic N) is 1. The van der Waals surface area contributed by atoms with Gasteiger partial charge >= 0.3 is 0 Å². The minimum atomic E-state index is 0.623. The fourth-order valence-electron chi connectivity index (χ4n) is 2.82. The van der Waals surface area contributed by atoms with Crippen LogP contribution in [0, 0.1) is 13.8 Å². The maximum absolute atomic E-state index is 6.17. The Kier molecular flexibility index (Phi) is 3.08. The first kappa shape index (κ1) is 11.3. The van der Waals surface area contributed by atoms with Crippen LogP contribution in [0.15, 0.2) is 12.1 Å². The molecule has 1 atom stereocenters. The van der Waals surface area contributed by atoms with Gasteiger partial charge in [-0.05, 0) is 57.2 Å². The van der Waals surface area contributed by atoms with E-state index in [1.807, 2.05) is 0 Å². The van der Waals surface area contributed by atoms with Crippen LogP contribution in [0.25, 0.3) is 0 Å². The molecule has 1 aliphatic heterocycles. The lowest BCUT2D eigenvalue weighted by Crippen LogP contribution is -2.38. The molecule has 2 nitrogen and oxygen atoms in total. The highest BCUT2D eigenvalue weighted by Crippen LogP contribution is 2.33. The Morgan fingerprint density at radius 3 is 2.62 bits per heavy atom. The molecule has 0 aromatic heterocycles. The molecule has 1 heterocycles. The fraction of sp³-hybridized carbons (Fsp3) is 0.571. The van der Waals surface area contributed by atoms with E-state index in [1.54, 1.807) is 0 Å². The lowest BCUT2D eigenvalue weighted by Gasteiger charge is -2.37. The highest BCUT2D eigenvalue weighted by atomic mass is 15.2. The minimum absolute atomic E-state index is 0.623. The SMILES string of the molecule is Cc1cc(C)c(N2CCCCC2C)c(N)c1. The topological polar surface area (TPSA) is 29.3 Å². The highest BCUT2D eigenvalue weighted by Gasteiger charge is 2.21. The van der Waals surface area contributed by atoms with Gasteiger partial charge in [0, 0.05) is 12.6 Å². The first-order chi connectivity index (χ1) is 7.59. The second kappa shape index (κ2) is 4.36. The molecule has 2 heteroatoms. The van der Waals surface area contributed by atoms with Crippen LogP contribution >= 0.6 is 0 Å². The predicted octanol–water partition coefficient (Wildman–Crippen LogP) is 3.26. The number of nitrogens with two attached hydrogens (primary N) is 1. The summed E-state index contributed by atoms with van der Waals surface area (Å²) in [6.07, 6.45) is 3.92. The molecule has 2 rings (SSSR count). The van der Waals surface area contributed by atoms with Crippen molar-refractivity contribution in [2.75, 3.05) is 17.2 Å². The maximum atomic E-state index is 6.17. The number of hydrogen-bond acceptors (Lipinski definition) is 2. The van der Waals surface area contributed by atoms with Gasteiger partial charge in [-0.1, -0.05) is 6.07 Å². The van der Waals surface area contributed by atoms with Gasteiger partial charge in [-0.2, -0.15) is 0 Å². The Morgan fingerprint density at radius 2 is 2.00 bits per heavy atom. The molecule has 0 spiro atoms. The zero-order chi connectivity index (χ0) is 11.7. The third-order valence-electron chi connectivity index (χ3n) is 3.56. The van der Waals surface area contributed by atoms with Crippen molar-refractivity contribution in [2.45, 2.75) is 46.1 Å². The quantitative estimate of drug-likeness (QED) is 0.733. The first-order valence-electron chi connectivity index (χ1n) is 6.23. The van der Waals surface area contributed by atoms with Crippen LogP contribution in [0.2, 0.25) is 0 Å². The van der Waals surface area contributed by atoms with E-state index in [-0.39, 0.29) is 0 Å². The summed E-state index contributed by atoms with van der Waals surface area (Å²) in [5, 5.41) is 0. The smallest absolute Gasteiger partial charge is 0.0632 e. The molecular formula is C14H22N2. The van der Waals surface area contributed by atoms with E-state index < -0.39 is 0 Å². The van der Waals surface area contributed by atoms with E-state index in [0.29, 0.717) is 6.04 Å². The van der Waals surface area contributed by atoms with E-state index in [0.717, 1.165) is 12.2 Å². The molecule has 2 N–H and O–H groups in total. The summed E-state index contributed by atoms with van der Waals surface area (Å²) in [4.78, 5) is 2.48. The lowest BCUT2D eigenvalue weighted by atomic mass is 9.99. The molecule has 0 aliphatic carbocycles. The second-order valence-electron chi connectivity index (χ2n) is 5.06. The Balaban J connectivity index is 2.38. The molecule has 1 unspecified atom stereocenters. The second-order valence-corrected chi connectivity index (χ2v) is 5.06. The van der Waals surface area contributed by atoms with Gasteiger partial charge in [0.25, 0.3) is 0 Å². The Hall–Kier alpha value is -1.18. The van der Waals surface area contributed by atoms with Gasteiger partial charge in [-0.3, -0.25) is 0 Å². The van der Waals surface area contributed by atoms with Crippen molar-refractivity contribution in [1.82, 2.24) is 0 Å². The van der Waals surface area contributed by atoms with Crippen molar-refractivity contribution in [3.8, 4) is 0 Å². The maximum Gasteiger partial charge on any atom is 0.0632 e. The molecule has 0 amide bonds. The van der Waals surface area contributed by atoms with Crippen molar-refractivity contribution in [3.05, 3.63) is 23.3 Å². The van der Waals surface area contributed by atoms with Gasteiger partial charge in [0.2, 0.25) is 0 Å². The molecule has 0 radical (unpaired) electrons. The van der Waals surface area contributed by atoms with Crippen LogP contribution in [0.1, 0.15) is 37.3 Å². The number of anilines is 2. The van der Waals surface area contributed by atoms with Crippen LogP contribution in [-0.4, -0.2) is 12.6 Å². The van der Waals surface area contributed by atoms with Crippen molar-refractivity contribution in [1.29, 1.82) is 0 Å². The van der Waals surface area contributed by atoms with Crippen molar-refractivity contribution in [2.24, 2.45) is 0 Å². The number of nitrogen functional groups attached to an aromatic ring is 1. The van der Waals surface area contributed by atoms with Gasteiger partial charge in [-0.15, -0.1) is 0 Å². The van der Waals surface area contributed by atoms with Crippen LogP contribution in [-0.2, 0) is 0 Å².